The Morgan fingerprint density at radius 2 is 1.39 bits per heavy atom. The van der Waals surface area contributed by atoms with Crippen molar-refractivity contribution in [3.05, 3.63) is 65.2 Å². The zero-order chi connectivity index (χ0) is 12.8. The van der Waals surface area contributed by atoms with Crippen LogP contribution in [-0.2, 0) is 18.9 Å². The normalized spacial score (nSPS) is 10.3. The SMILES string of the molecule is CCc1ccc(COc2ccc(CCl)cc2)cc1. The van der Waals surface area contributed by atoms with E-state index in [1.54, 1.807) is 0 Å². The topological polar surface area (TPSA) is 9.23 Å². The van der Waals surface area contributed by atoms with Crippen LogP contribution in [0.2, 0.25) is 0 Å². The van der Waals surface area contributed by atoms with Gasteiger partial charge >= 0.3 is 0 Å². The van der Waals surface area contributed by atoms with Gasteiger partial charge in [0.1, 0.15) is 12.4 Å². The maximum atomic E-state index is 5.74. The predicted octanol–water partition coefficient (Wildman–Crippen LogP) is 4.57. The highest BCUT2D eigenvalue weighted by molar-refractivity contribution is 6.17. The van der Waals surface area contributed by atoms with Gasteiger partial charge in [-0.05, 0) is 35.2 Å². The van der Waals surface area contributed by atoms with Crippen molar-refractivity contribution in [3.63, 3.8) is 0 Å². The molecule has 2 heteroatoms. The van der Waals surface area contributed by atoms with Crippen molar-refractivity contribution in [2.24, 2.45) is 0 Å². The second-order valence-corrected chi connectivity index (χ2v) is 4.50. The third kappa shape index (κ3) is 3.51. The van der Waals surface area contributed by atoms with Gasteiger partial charge in [-0.25, -0.2) is 0 Å². The van der Waals surface area contributed by atoms with Gasteiger partial charge in [0.05, 0.1) is 0 Å². The molecule has 2 rings (SSSR count). The Labute approximate surface area is 113 Å². The molecule has 1 nitrogen and oxygen atoms in total. The molecule has 0 aliphatic carbocycles. The van der Waals surface area contributed by atoms with Crippen LogP contribution in [-0.4, -0.2) is 0 Å². The van der Waals surface area contributed by atoms with E-state index in [0.29, 0.717) is 12.5 Å². The molecule has 0 amide bonds. The molecule has 2 aromatic carbocycles. The lowest BCUT2D eigenvalue weighted by molar-refractivity contribution is 0.306. The fourth-order valence-electron chi connectivity index (χ4n) is 1.71. The summed E-state index contributed by atoms with van der Waals surface area (Å²) in [5.74, 6) is 1.42. The smallest absolute Gasteiger partial charge is 0.119 e. The van der Waals surface area contributed by atoms with E-state index in [1.165, 1.54) is 11.1 Å². The monoisotopic (exact) mass is 260 g/mol. The van der Waals surface area contributed by atoms with Gasteiger partial charge in [-0.2, -0.15) is 0 Å². The minimum Gasteiger partial charge on any atom is -0.489 e. The van der Waals surface area contributed by atoms with Gasteiger partial charge in [-0.3, -0.25) is 0 Å². The van der Waals surface area contributed by atoms with Crippen molar-refractivity contribution in [2.45, 2.75) is 25.8 Å². The molecule has 0 unspecified atom stereocenters. The van der Waals surface area contributed by atoms with Crippen LogP contribution in [0.15, 0.2) is 48.5 Å². The summed E-state index contributed by atoms with van der Waals surface area (Å²) in [7, 11) is 0. The molecule has 0 N–H and O–H groups in total. The summed E-state index contributed by atoms with van der Waals surface area (Å²) in [5, 5.41) is 0. The standard InChI is InChI=1S/C16H17ClO/c1-2-13-3-5-15(6-4-13)12-18-16-9-7-14(11-17)8-10-16/h3-10H,2,11-12H2,1H3. The van der Waals surface area contributed by atoms with E-state index in [0.717, 1.165) is 17.7 Å². The number of hydrogen-bond donors (Lipinski definition) is 0. The number of rotatable bonds is 5. The van der Waals surface area contributed by atoms with Gasteiger partial charge < -0.3 is 4.74 Å². The molecule has 0 aromatic heterocycles. The summed E-state index contributed by atoms with van der Waals surface area (Å²) in [4.78, 5) is 0. The summed E-state index contributed by atoms with van der Waals surface area (Å²) < 4.78 is 5.72. The minimum absolute atomic E-state index is 0.540. The molecule has 0 saturated carbocycles. The average molecular weight is 261 g/mol. The van der Waals surface area contributed by atoms with Gasteiger partial charge in [-0.1, -0.05) is 43.3 Å². The molecule has 0 spiro atoms. The Balaban J connectivity index is 1.93. The highest BCUT2D eigenvalue weighted by Gasteiger charge is 1.97. The number of aryl methyl sites for hydroxylation is 1. The molecule has 0 aliphatic rings. The first-order valence-electron chi connectivity index (χ1n) is 6.17. The average Bonchev–Trinajstić information content (AvgIpc) is 2.46. The van der Waals surface area contributed by atoms with Crippen LogP contribution in [0.4, 0.5) is 0 Å². The van der Waals surface area contributed by atoms with Crippen LogP contribution >= 0.6 is 11.6 Å². The predicted molar refractivity (Wildman–Crippen MR) is 76.2 cm³/mol. The van der Waals surface area contributed by atoms with E-state index < -0.39 is 0 Å². The molecule has 0 atom stereocenters. The lowest BCUT2D eigenvalue weighted by Crippen LogP contribution is -1.95. The Bertz CT molecular complexity index is 426. The van der Waals surface area contributed by atoms with Crippen molar-refractivity contribution in [3.8, 4) is 5.75 Å². The highest BCUT2D eigenvalue weighted by Crippen LogP contribution is 2.15. The first-order valence-corrected chi connectivity index (χ1v) is 6.71. The quantitative estimate of drug-likeness (QED) is 0.716. The van der Waals surface area contributed by atoms with E-state index in [4.69, 9.17) is 16.3 Å². The number of alkyl halides is 1. The maximum absolute atomic E-state index is 5.74. The van der Waals surface area contributed by atoms with Crippen molar-refractivity contribution in [2.75, 3.05) is 0 Å². The van der Waals surface area contributed by atoms with Crippen molar-refractivity contribution < 1.29 is 4.74 Å². The van der Waals surface area contributed by atoms with E-state index in [2.05, 4.69) is 31.2 Å². The first-order chi connectivity index (χ1) is 8.81. The molecule has 0 fully saturated rings. The Morgan fingerprint density at radius 3 is 1.94 bits per heavy atom. The molecule has 0 saturated heterocycles. The van der Waals surface area contributed by atoms with Crippen LogP contribution in [0, 0.1) is 0 Å². The van der Waals surface area contributed by atoms with E-state index in [1.807, 2.05) is 24.3 Å². The van der Waals surface area contributed by atoms with Crippen molar-refractivity contribution in [1.29, 1.82) is 0 Å². The van der Waals surface area contributed by atoms with Gasteiger partial charge in [0.25, 0.3) is 0 Å². The zero-order valence-electron chi connectivity index (χ0n) is 10.5. The number of ether oxygens (including phenoxy) is 1. The number of hydrogen-bond acceptors (Lipinski definition) is 1. The van der Waals surface area contributed by atoms with Crippen LogP contribution < -0.4 is 4.74 Å². The van der Waals surface area contributed by atoms with Crippen molar-refractivity contribution >= 4 is 11.6 Å². The largest absolute Gasteiger partial charge is 0.489 e. The van der Waals surface area contributed by atoms with Crippen LogP contribution in [0.25, 0.3) is 0 Å². The third-order valence-corrected chi connectivity index (χ3v) is 3.22. The highest BCUT2D eigenvalue weighted by atomic mass is 35.5. The molecule has 0 aliphatic heterocycles. The lowest BCUT2D eigenvalue weighted by Gasteiger charge is -2.07. The summed E-state index contributed by atoms with van der Waals surface area (Å²) in [6.45, 7) is 2.76. The van der Waals surface area contributed by atoms with Gasteiger partial charge in [0.15, 0.2) is 0 Å². The molecular weight excluding hydrogens is 244 g/mol. The molecule has 94 valence electrons. The Kier molecular flexibility index (Phi) is 4.66. The van der Waals surface area contributed by atoms with Crippen LogP contribution in [0.5, 0.6) is 5.75 Å². The first kappa shape index (κ1) is 13.0. The minimum atomic E-state index is 0.540. The van der Waals surface area contributed by atoms with Crippen molar-refractivity contribution in [1.82, 2.24) is 0 Å². The van der Waals surface area contributed by atoms with E-state index in [9.17, 15) is 0 Å². The Hall–Kier alpha value is -1.47. The second-order valence-electron chi connectivity index (χ2n) is 4.24. The number of benzene rings is 2. The number of halogens is 1. The summed E-state index contributed by atoms with van der Waals surface area (Å²) in [6, 6.07) is 16.4. The molecule has 0 bridgehead atoms. The molecule has 2 aromatic rings. The second kappa shape index (κ2) is 6.46. The fraction of sp³-hybridized carbons (Fsp3) is 0.250. The fourth-order valence-corrected chi connectivity index (χ4v) is 1.89. The third-order valence-electron chi connectivity index (χ3n) is 2.91. The van der Waals surface area contributed by atoms with E-state index in [-0.39, 0.29) is 0 Å². The molecule has 0 heterocycles. The Morgan fingerprint density at radius 1 is 0.833 bits per heavy atom. The summed E-state index contributed by atoms with van der Waals surface area (Å²) in [6.07, 6.45) is 1.07. The zero-order valence-corrected chi connectivity index (χ0v) is 11.3. The van der Waals surface area contributed by atoms with Gasteiger partial charge in [0.2, 0.25) is 0 Å². The summed E-state index contributed by atoms with van der Waals surface area (Å²) >= 11 is 5.74. The van der Waals surface area contributed by atoms with E-state index >= 15 is 0 Å². The van der Waals surface area contributed by atoms with Gasteiger partial charge in [0, 0.05) is 5.88 Å². The van der Waals surface area contributed by atoms with Crippen LogP contribution in [0.3, 0.4) is 0 Å². The molecule has 18 heavy (non-hydrogen) atoms. The molecular formula is C16H17ClO. The summed E-state index contributed by atoms with van der Waals surface area (Å²) in [5.41, 5.74) is 3.65. The van der Waals surface area contributed by atoms with Gasteiger partial charge in [-0.15, -0.1) is 11.6 Å². The molecule has 0 radical (unpaired) electrons. The lowest BCUT2D eigenvalue weighted by atomic mass is 10.1. The maximum Gasteiger partial charge on any atom is 0.119 e. The van der Waals surface area contributed by atoms with Crippen LogP contribution in [0.1, 0.15) is 23.6 Å².